The Labute approximate surface area is 108 Å². The van der Waals surface area contributed by atoms with E-state index >= 15 is 0 Å². The van der Waals surface area contributed by atoms with Gasteiger partial charge in [-0.2, -0.15) is 0 Å². The summed E-state index contributed by atoms with van der Waals surface area (Å²) >= 11 is 0. The van der Waals surface area contributed by atoms with Crippen LogP contribution in [0.25, 0.3) is 0 Å². The van der Waals surface area contributed by atoms with E-state index in [9.17, 15) is 0 Å². The number of anilines is 1. The Balaban J connectivity index is 2.12. The molecule has 0 amide bonds. The number of benzene rings is 1. The van der Waals surface area contributed by atoms with Crippen molar-refractivity contribution < 1.29 is 14.2 Å². The van der Waals surface area contributed by atoms with Crippen molar-refractivity contribution in [1.29, 1.82) is 0 Å². The van der Waals surface area contributed by atoms with Gasteiger partial charge in [-0.05, 0) is 30.2 Å². The first-order valence-electron chi connectivity index (χ1n) is 6.17. The van der Waals surface area contributed by atoms with Gasteiger partial charge < -0.3 is 19.1 Å². The zero-order chi connectivity index (χ0) is 13.1. The summed E-state index contributed by atoms with van der Waals surface area (Å²) in [4.78, 5) is 2.31. The predicted octanol–water partition coefficient (Wildman–Crippen LogP) is 2.14. The Morgan fingerprint density at radius 2 is 1.72 bits per heavy atom. The molecule has 18 heavy (non-hydrogen) atoms. The largest absolute Gasteiger partial charge is 0.497 e. The van der Waals surface area contributed by atoms with E-state index in [2.05, 4.69) is 24.0 Å². The first-order chi connectivity index (χ1) is 8.71. The van der Waals surface area contributed by atoms with E-state index in [1.165, 1.54) is 5.69 Å². The Morgan fingerprint density at radius 1 is 1.11 bits per heavy atom. The lowest BCUT2D eigenvalue weighted by Crippen LogP contribution is -2.61. The molecule has 1 saturated heterocycles. The summed E-state index contributed by atoms with van der Waals surface area (Å²) in [6, 6.07) is 8.36. The van der Waals surface area contributed by atoms with Crippen LogP contribution in [0.5, 0.6) is 5.75 Å². The molecule has 1 aromatic rings. The summed E-state index contributed by atoms with van der Waals surface area (Å²) in [5.74, 6) is 1.44. The molecule has 4 nitrogen and oxygen atoms in total. The zero-order valence-corrected chi connectivity index (χ0v) is 11.4. The second-order valence-corrected chi connectivity index (χ2v) is 4.66. The molecule has 1 aliphatic heterocycles. The topological polar surface area (TPSA) is 30.9 Å². The maximum absolute atomic E-state index is 5.38. The molecule has 0 bridgehead atoms. The number of rotatable bonds is 5. The van der Waals surface area contributed by atoms with Crippen LogP contribution in [0.15, 0.2) is 24.3 Å². The van der Waals surface area contributed by atoms with Gasteiger partial charge in [0, 0.05) is 26.5 Å². The molecule has 0 spiro atoms. The lowest BCUT2D eigenvalue weighted by atomic mass is 9.89. The summed E-state index contributed by atoms with van der Waals surface area (Å²) in [5, 5.41) is 0. The minimum absolute atomic E-state index is 0.184. The summed E-state index contributed by atoms with van der Waals surface area (Å²) in [7, 11) is 5.05. The quantitative estimate of drug-likeness (QED) is 0.750. The van der Waals surface area contributed by atoms with Crippen LogP contribution in [0, 0.1) is 5.92 Å². The minimum Gasteiger partial charge on any atom is -0.497 e. The molecular formula is C14H21NO3. The van der Waals surface area contributed by atoms with Crippen molar-refractivity contribution >= 4 is 5.69 Å². The van der Waals surface area contributed by atoms with E-state index in [1.54, 1.807) is 21.3 Å². The highest BCUT2D eigenvalue weighted by Crippen LogP contribution is 2.34. The first-order valence-corrected chi connectivity index (χ1v) is 6.17. The molecule has 1 aromatic carbocycles. The van der Waals surface area contributed by atoms with Gasteiger partial charge in [-0.3, -0.25) is 0 Å². The van der Waals surface area contributed by atoms with Gasteiger partial charge in [-0.15, -0.1) is 0 Å². The molecule has 0 radical (unpaired) electrons. The van der Waals surface area contributed by atoms with Crippen LogP contribution in [0.4, 0.5) is 5.69 Å². The van der Waals surface area contributed by atoms with E-state index in [-0.39, 0.29) is 12.3 Å². The van der Waals surface area contributed by atoms with Gasteiger partial charge >= 0.3 is 0 Å². The lowest BCUT2D eigenvalue weighted by Gasteiger charge is -2.50. The van der Waals surface area contributed by atoms with Crippen molar-refractivity contribution in [2.75, 3.05) is 32.8 Å². The second kappa shape index (κ2) is 5.59. The average Bonchev–Trinajstić information content (AvgIpc) is 2.42. The smallest absolute Gasteiger partial charge is 0.177 e. The zero-order valence-electron chi connectivity index (χ0n) is 11.4. The molecular weight excluding hydrogens is 230 g/mol. The van der Waals surface area contributed by atoms with Crippen molar-refractivity contribution in [3.8, 4) is 5.75 Å². The molecule has 0 N–H and O–H groups in total. The van der Waals surface area contributed by atoms with E-state index in [1.807, 2.05) is 12.1 Å². The van der Waals surface area contributed by atoms with E-state index < -0.39 is 0 Å². The number of hydrogen-bond acceptors (Lipinski definition) is 4. The number of ether oxygens (including phenoxy) is 3. The first kappa shape index (κ1) is 13.2. The van der Waals surface area contributed by atoms with Gasteiger partial charge in [0.05, 0.1) is 13.2 Å². The maximum Gasteiger partial charge on any atom is 0.177 e. The Morgan fingerprint density at radius 3 is 2.17 bits per heavy atom. The summed E-state index contributed by atoms with van der Waals surface area (Å²) in [6.45, 7) is 3.25. The van der Waals surface area contributed by atoms with Gasteiger partial charge in [0.1, 0.15) is 5.75 Å². The normalized spacial score (nSPS) is 23.1. The SMILES string of the molecule is COc1ccc(N2CC(C)C2C(OC)OC)cc1. The fourth-order valence-electron chi connectivity index (χ4n) is 2.55. The highest BCUT2D eigenvalue weighted by molar-refractivity contribution is 5.52. The molecule has 4 heteroatoms. The van der Waals surface area contributed by atoms with Crippen molar-refractivity contribution in [3.63, 3.8) is 0 Å². The van der Waals surface area contributed by atoms with Gasteiger partial charge in [0.2, 0.25) is 0 Å². The summed E-state index contributed by atoms with van der Waals surface area (Å²) in [6.07, 6.45) is -0.184. The summed E-state index contributed by atoms with van der Waals surface area (Å²) < 4.78 is 15.9. The van der Waals surface area contributed by atoms with E-state index in [0.29, 0.717) is 5.92 Å². The third-order valence-electron chi connectivity index (χ3n) is 3.58. The van der Waals surface area contributed by atoms with Crippen LogP contribution < -0.4 is 9.64 Å². The van der Waals surface area contributed by atoms with Gasteiger partial charge in [0.25, 0.3) is 0 Å². The highest BCUT2D eigenvalue weighted by Gasteiger charge is 2.41. The molecule has 1 fully saturated rings. The fraction of sp³-hybridized carbons (Fsp3) is 0.571. The van der Waals surface area contributed by atoms with E-state index in [4.69, 9.17) is 14.2 Å². The Kier molecular flexibility index (Phi) is 4.09. The monoisotopic (exact) mass is 251 g/mol. The number of hydrogen-bond donors (Lipinski definition) is 0. The van der Waals surface area contributed by atoms with Gasteiger partial charge in [0.15, 0.2) is 6.29 Å². The molecule has 0 aliphatic carbocycles. The fourth-order valence-corrected chi connectivity index (χ4v) is 2.55. The van der Waals surface area contributed by atoms with Crippen LogP contribution in [0.2, 0.25) is 0 Å². The summed E-state index contributed by atoms with van der Waals surface area (Å²) in [5.41, 5.74) is 1.18. The third kappa shape index (κ3) is 2.31. The number of methoxy groups -OCH3 is 3. The van der Waals surface area contributed by atoms with E-state index in [0.717, 1.165) is 12.3 Å². The van der Waals surface area contributed by atoms with Gasteiger partial charge in [-0.25, -0.2) is 0 Å². The predicted molar refractivity (Wildman–Crippen MR) is 71.1 cm³/mol. The average molecular weight is 251 g/mol. The molecule has 2 unspecified atom stereocenters. The third-order valence-corrected chi connectivity index (χ3v) is 3.58. The van der Waals surface area contributed by atoms with Crippen molar-refractivity contribution in [2.45, 2.75) is 19.3 Å². The van der Waals surface area contributed by atoms with Crippen LogP contribution in [0.1, 0.15) is 6.92 Å². The van der Waals surface area contributed by atoms with Crippen molar-refractivity contribution in [1.82, 2.24) is 0 Å². The second-order valence-electron chi connectivity index (χ2n) is 4.66. The van der Waals surface area contributed by atoms with Crippen LogP contribution in [0.3, 0.4) is 0 Å². The lowest BCUT2D eigenvalue weighted by molar-refractivity contribution is -0.136. The molecule has 1 heterocycles. The maximum atomic E-state index is 5.38. The molecule has 100 valence electrons. The standard InChI is InChI=1S/C14H21NO3/c1-10-9-15(13(10)14(17-3)18-4)11-5-7-12(16-2)8-6-11/h5-8,10,13-14H,9H2,1-4H3. The molecule has 2 atom stereocenters. The van der Waals surface area contributed by atoms with Crippen LogP contribution in [-0.4, -0.2) is 40.2 Å². The van der Waals surface area contributed by atoms with Crippen LogP contribution in [-0.2, 0) is 9.47 Å². The number of nitrogens with zero attached hydrogens (tertiary/aromatic N) is 1. The minimum atomic E-state index is -0.184. The molecule has 1 aliphatic rings. The van der Waals surface area contributed by atoms with Crippen molar-refractivity contribution in [3.05, 3.63) is 24.3 Å². The van der Waals surface area contributed by atoms with Crippen LogP contribution >= 0.6 is 0 Å². The van der Waals surface area contributed by atoms with Crippen molar-refractivity contribution in [2.24, 2.45) is 5.92 Å². The van der Waals surface area contributed by atoms with Gasteiger partial charge in [-0.1, -0.05) is 6.92 Å². The molecule has 0 aromatic heterocycles. The Hall–Kier alpha value is -1.26. The molecule has 0 saturated carbocycles. The Bertz CT molecular complexity index is 375. The molecule has 2 rings (SSSR count). The highest BCUT2D eigenvalue weighted by atomic mass is 16.7.